The fourth-order valence-electron chi connectivity index (χ4n) is 3.73. The minimum Gasteiger partial charge on any atom is -0.381 e. The summed E-state index contributed by atoms with van der Waals surface area (Å²) in [7, 11) is 7.79. The van der Waals surface area contributed by atoms with Gasteiger partial charge in [-0.2, -0.15) is 0 Å². The van der Waals surface area contributed by atoms with E-state index in [1.807, 2.05) is 70.0 Å². The summed E-state index contributed by atoms with van der Waals surface area (Å²) in [5.41, 5.74) is 0. The van der Waals surface area contributed by atoms with E-state index >= 15 is 0 Å². The molecule has 7 nitrogen and oxygen atoms in total. The molecule has 2 saturated heterocycles. The van der Waals surface area contributed by atoms with Crippen LogP contribution in [-0.2, 0) is 28.0 Å². The molecule has 0 amide bonds. The normalized spacial score (nSPS) is 32.9. The highest BCUT2D eigenvalue weighted by molar-refractivity contribution is 8.54. The van der Waals surface area contributed by atoms with Gasteiger partial charge in [0.2, 0.25) is 0 Å². The Morgan fingerprint density at radius 3 is 2.13 bits per heavy atom. The summed E-state index contributed by atoms with van der Waals surface area (Å²) in [4.78, 5) is 10.6. The Morgan fingerprint density at radius 2 is 1.58 bits per heavy atom. The second-order valence-corrected chi connectivity index (χ2v) is 12.4. The molecule has 2 aliphatic heterocycles. The summed E-state index contributed by atoms with van der Waals surface area (Å²) in [6, 6.07) is -0.190. The van der Waals surface area contributed by atoms with Crippen LogP contribution in [0, 0.1) is 0 Å². The summed E-state index contributed by atoms with van der Waals surface area (Å²) in [5.74, 6) is 0.318. The lowest BCUT2D eigenvalue weighted by molar-refractivity contribution is -0.0424. The molecule has 0 saturated carbocycles. The minimum absolute atomic E-state index is 0.0410. The predicted molar refractivity (Wildman–Crippen MR) is 130 cm³/mol. The molecule has 7 unspecified atom stereocenters. The molecule has 0 aromatic carbocycles. The Labute approximate surface area is 195 Å². The average molecular weight is 470 g/mol. The molecule has 172 valence electrons. The first-order chi connectivity index (χ1) is 14.6. The third-order valence-electron chi connectivity index (χ3n) is 4.98. The van der Waals surface area contributed by atoms with Crippen molar-refractivity contribution < 1.29 is 32.9 Å². The second kappa shape index (κ2) is 13.5. The van der Waals surface area contributed by atoms with Gasteiger partial charge in [-0.3, -0.25) is 4.52 Å². The Hall–Kier alpha value is 0.600. The lowest BCUT2D eigenvalue weighted by Crippen LogP contribution is -2.30. The van der Waals surface area contributed by atoms with Crippen molar-refractivity contribution in [1.82, 2.24) is 0 Å². The highest BCUT2D eigenvalue weighted by Crippen LogP contribution is 2.58. The fourth-order valence-corrected chi connectivity index (χ4v) is 6.50. The molecule has 0 bridgehead atoms. The number of hydrogen-bond donors (Lipinski definition) is 1. The molecule has 31 heavy (non-hydrogen) atoms. The van der Waals surface area contributed by atoms with Gasteiger partial charge in [0.1, 0.15) is 20.4 Å². The van der Waals surface area contributed by atoms with Gasteiger partial charge in [0.15, 0.2) is 0 Å². The first-order valence-corrected chi connectivity index (χ1v) is 14.3. The van der Waals surface area contributed by atoms with Gasteiger partial charge in [0, 0.05) is 17.8 Å². The van der Waals surface area contributed by atoms with E-state index in [-0.39, 0.29) is 42.5 Å². The zero-order valence-corrected chi connectivity index (χ0v) is 21.2. The molecule has 2 aliphatic rings. The predicted octanol–water partition coefficient (Wildman–Crippen LogP) is 2.40. The largest absolute Gasteiger partial charge is 0.387 e. The molecule has 2 fully saturated rings. The topological polar surface area (TPSA) is 83.5 Å². The van der Waals surface area contributed by atoms with Gasteiger partial charge in [-0.1, -0.05) is 13.6 Å². The van der Waals surface area contributed by atoms with Crippen molar-refractivity contribution in [3.63, 3.8) is 0 Å². The highest BCUT2D eigenvalue weighted by atomic mass is 32.7. The van der Waals surface area contributed by atoms with Crippen molar-refractivity contribution in [3.8, 4) is 0 Å². The molecule has 0 aromatic heterocycles. The molecule has 13 heteroatoms. The van der Waals surface area contributed by atoms with E-state index in [0.29, 0.717) is 18.8 Å². The lowest BCUT2D eigenvalue weighted by Gasteiger charge is -2.24. The molecular formula is C18H35B4O7PS. The zero-order chi connectivity index (χ0) is 23.0. The summed E-state index contributed by atoms with van der Waals surface area (Å²) >= 11 is 0.900. The maximum atomic E-state index is 12.9. The van der Waals surface area contributed by atoms with Crippen molar-refractivity contribution >= 4 is 46.9 Å². The third-order valence-corrected chi connectivity index (χ3v) is 8.01. The van der Waals surface area contributed by atoms with E-state index in [4.69, 9.17) is 23.5 Å². The van der Waals surface area contributed by atoms with Gasteiger partial charge in [0.25, 0.3) is 0 Å². The lowest BCUT2D eigenvalue weighted by atomic mass is 9.38. The van der Waals surface area contributed by atoms with Crippen LogP contribution in [0.25, 0.3) is 0 Å². The number of hydrogen-bond acceptors (Lipinski definition) is 7. The smallest absolute Gasteiger partial charge is 0.381 e. The first kappa shape index (κ1) is 27.8. The van der Waals surface area contributed by atoms with Crippen LogP contribution in [0.2, 0.25) is 13.6 Å². The molecule has 4 radical (unpaired) electrons. The molecule has 0 aromatic rings. The van der Waals surface area contributed by atoms with E-state index in [2.05, 4.69) is 0 Å². The minimum atomic E-state index is -3.92. The van der Waals surface area contributed by atoms with Crippen molar-refractivity contribution in [2.45, 2.75) is 103 Å². The Morgan fingerprint density at radius 1 is 1.00 bits per heavy atom. The highest BCUT2D eigenvalue weighted by Gasteiger charge is 2.42. The van der Waals surface area contributed by atoms with Gasteiger partial charge in [-0.05, 0) is 51.9 Å². The van der Waals surface area contributed by atoms with Crippen molar-refractivity contribution in [2.75, 3.05) is 12.4 Å². The van der Waals surface area contributed by atoms with E-state index in [9.17, 15) is 9.46 Å². The van der Waals surface area contributed by atoms with Crippen molar-refractivity contribution in [1.29, 1.82) is 0 Å². The van der Waals surface area contributed by atoms with E-state index < -0.39 is 12.9 Å². The first-order valence-electron chi connectivity index (χ1n) is 11.1. The monoisotopic (exact) mass is 470 g/mol. The van der Waals surface area contributed by atoms with E-state index in [1.165, 1.54) is 0 Å². The summed E-state index contributed by atoms with van der Waals surface area (Å²) < 4.78 is 42.2. The fraction of sp³-hybridized carbons (Fsp3) is 1.00. The van der Waals surface area contributed by atoms with Crippen LogP contribution in [0.3, 0.4) is 0 Å². The summed E-state index contributed by atoms with van der Waals surface area (Å²) in [5, 5.41) is 0. The zero-order valence-electron chi connectivity index (χ0n) is 19.5. The van der Waals surface area contributed by atoms with Gasteiger partial charge < -0.3 is 23.8 Å². The molecule has 7 atom stereocenters. The Balaban J connectivity index is 1.92. The SMILES string of the molecule is C[B][B]C1CC(OC(C)C)C(CSP(=O)(O)OC2CC([B][B]C)OC2COC(C)C)O1. The van der Waals surface area contributed by atoms with Crippen LogP contribution >= 0.6 is 18.2 Å². The molecule has 0 spiro atoms. The van der Waals surface area contributed by atoms with Crippen LogP contribution in [0.5, 0.6) is 0 Å². The third kappa shape index (κ3) is 9.78. The molecule has 2 heterocycles. The maximum Gasteiger partial charge on any atom is 0.387 e. The van der Waals surface area contributed by atoms with Crippen LogP contribution in [-0.4, -0.2) is 94.6 Å². The number of ether oxygens (including phenoxy) is 4. The molecular weight excluding hydrogens is 434 g/mol. The van der Waals surface area contributed by atoms with E-state index in [0.717, 1.165) is 17.8 Å². The van der Waals surface area contributed by atoms with Crippen LogP contribution in [0.4, 0.5) is 0 Å². The van der Waals surface area contributed by atoms with Gasteiger partial charge in [-0.15, -0.1) is 0 Å². The van der Waals surface area contributed by atoms with Crippen LogP contribution in [0.1, 0.15) is 40.5 Å². The van der Waals surface area contributed by atoms with Gasteiger partial charge in [-0.25, -0.2) is 4.57 Å². The van der Waals surface area contributed by atoms with Gasteiger partial charge >= 0.3 is 6.80 Å². The molecule has 0 aliphatic carbocycles. The Bertz CT molecular complexity index is 577. The molecule has 1 N–H and O–H groups in total. The maximum absolute atomic E-state index is 12.9. The average Bonchev–Trinajstić information content (AvgIpc) is 3.21. The van der Waals surface area contributed by atoms with Crippen molar-refractivity contribution in [3.05, 3.63) is 0 Å². The quantitative estimate of drug-likeness (QED) is 0.307. The Kier molecular flexibility index (Phi) is 12.1. The molecule has 2 rings (SSSR count). The number of rotatable bonds is 14. The van der Waals surface area contributed by atoms with Gasteiger partial charge in [0.05, 0.1) is 51.5 Å². The van der Waals surface area contributed by atoms with Crippen LogP contribution < -0.4 is 0 Å². The second-order valence-electron chi connectivity index (χ2n) is 8.46. The van der Waals surface area contributed by atoms with Crippen LogP contribution in [0.15, 0.2) is 0 Å². The standard InChI is InChI=1S/C18H35B4O7PS/c1-11(2)25-9-15-14(8-18(27-15)22-20-6)29-30(23,24)31-10-16-13(26-12(3)4)7-17(28-16)21-19-5/h11-18H,7-10H2,1-6H3,(H,23,24). The summed E-state index contributed by atoms with van der Waals surface area (Å²) in [6.07, 6.45) is 0.0778. The van der Waals surface area contributed by atoms with Crippen molar-refractivity contribution in [2.24, 2.45) is 0 Å². The van der Waals surface area contributed by atoms with E-state index in [1.54, 1.807) is 0 Å². The summed E-state index contributed by atoms with van der Waals surface area (Å²) in [6.45, 7) is 8.12.